The van der Waals surface area contributed by atoms with Crippen LogP contribution in [0.2, 0.25) is 0 Å². The Morgan fingerprint density at radius 3 is 2.39 bits per heavy atom. The number of ether oxygens (including phenoxy) is 1. The van der Waals surface area contributed by atoms with Crippen LogP contribution < -0.4 is 5.73 Å². The van der Waals surface area contributed by atoms with Crippen LogP contribution in [0.5, 0.6) is 0 Å². The van der Waals surface area contributed by atoms with Gasteiger partial charge < -0.3 is 14.9 Å². The highest BCUT2D eigenvalue weighted by Gasteiger charge is 2.27. The van der Waals surface area contributed by atoms with E-state index in [0.717, 1.165) is 6.07 Å². The van der Waals surface area contributed by atoms with E-state index in [1.807, 2.05) is 0 Å². The first-order chi connectivity index (χ1) is 8.00. The topological polar surface area (TPSA) is 120 Å². The van der Waals surface area contributed by atoms with Gasteiger partial charge in [-0.3, -0.25) is 4.55 Å². The normalized spacial score (nSPS) is 14.3. The van der Waals surface area contributed by atoms with Crippen molar-refractivity contribution in [3.63, 3.8) is 0 Å². The molecule has 1 unspecified atom stereocenters. The first-order valence-corrected chi connectivity index (χ1v) is 6.50. The summed E-state index contributed by atoms with van der Waals surface area (Å²) in [6.45, 7) is 5.01. The molecule has 1 aromatic rings. The van der Waals surface area contributed by atoms with Gasteiger partial charge in [0.2, 0.25) is 5.09 Å². The van der Waals surface area contributed by atoms with Gasteiger partial charge in [-0.2, -0.15) is 8.42 Å². The Morgan fingerprint density at radius 2 is 2.00 bits per heavy atom. The predicted octanol–water partition coefficient (Wildman–Crippen LogP) is 0.868. The molecule has 0 saturated carbocycles. The van der Waals surface area contributed by atoms with Crippen LogP contribution in [0.4, 0.5) is 0 Å². The molecule has 0 amide bonds. The Hall–Kier alpha value is -1.38. The highest BCUT2D eigenvalue weighted by atomic mass is 32.2. The Balaban J connectivity index is 2.89. The van der Waals surface area contributed by atoms with Crippen molar-refractivity contribution in [3.05, 3.63) is 17.9 Å². The fourth-order valence-electron chi connectivity index (χ4n) is 1.12. The van der Waals surface area contributed by atoms with Gasteiger partial charge in [0.15, 0.2) is 6.04 Å². The van der Waals surface area contributed by atoms with Crippen molar-refractivity contribution in [2.75, 3.05) is 0 Å². The zero-order chi connectivity index (χ0) is 14.1. The second kappa shape index (κ2) is 4.71. The molecule has 0 aliphatic heterocycles. The molecule has 8 heteroatoms. The molecule has 1 atom stereocenters. The summed E-state index contributed by atoms with van der Waals surface area (Å²) in [5.41, 5.74) is 4.84. The number of hydrogen-bond acceptors (Lipinski definition) is 6. The zero-order valence-corrected chi connectivity index (χ0v) is 11.0. The Kier molecular flexibility index (Phi) is 3.84. The quantitative estimate of drug-likeness (QED) is 0.621. The average Bonchev–Trinajstić information content (AvgIpc) is 2.61. The molecule has 0 aliphatic rings. The number of furan rings is 1. The zero-order valence-electron chi connectivity index (χ0n) is 10.2. The molecule has 0 aliphatic carbocycles. The molecule has 0 fully saturated rings. The van der Waals surface area contributed by atoms with Crippen molar-refractivity contribution >= 4 is 16.1 Å². The summed E-state index contributed by atoms with van der Waals surface area (Å²) < 4.78 is 40.1. The van der Waals surface area contributed by atoms with Gasteiger partial charge in [-0.25, -0.2) is 4.79 Å². The Morgan fingerprint density at radius 1 is 1.44 bits per heavy atom. The number of nitrogens with two attached hydrogens (primary N) is 1. The average molecular weight is 277 g/mol. The molecular weight excluding hydrogens is 262 g/mol. The van der Waals surface area contributed by atoms with Gasteiger partial charge in [-0.15, -0.1) is 0 Å². The van der Waals surface area contributed by atoms with Gasteiger partial charge in [0, 0.05) is 0 Å². The molecule has 0 saturated heterocycles. The first kappa shape index (κ1) is 14.7. The second-order valence-corrected chi connectivity index (χ2v) is 6.00. The molecular formula is C10H15NO6S. The number of esters is 1. The van der Waals surface area contributed by atoms with Crippen molar-refractivity contribution in [2.45, 2.75) is 37.5 Å². The standard InChI is InChI=1S/C10H15NO6S/c1-10(2,3)17-9(12)8(11)6-4-5-7(16-6)18(13,14)15/h4-5,8H,11H2,1-3H3,(H,13,14,15). The van der Waals surface area contributed by atoms with Crippen molar-refractivity contribution in [1.29, 1.82) is 0 Å². The molecule has 0 aromatic carbocycles. The molecule has 3 N–H and O–H groups in total. The maximum atomic E-state index is 11.6. The van der Waals surface area contributed by atoms with Crippen LogP contribution >= 0.6 is 0 Å². The number of carbonyl (C=O) groups excluding carboxylic acids is 1. The van der Waals surface area contributed by atoms with Gasteiger partial charge in [0.25, 0.3) is 0 Å². The fraction of sp³-hybridized carbons (Fsp3) is 0.500. The van der Waals surface area contributed by atoms with Crippen molar-refractivity contribution in [1.82, 2.24) is 0 Å². The van der Waals surface area contributed by atoms with Gasteiger partial charge in [-0.1, -0.05) is 0 Å². The largest absolute Gasteiger partial charge is 0.458 e. The summed E-state index contributed by atoms with van der Waals surface area (Å²) in [6, 6.07) is 0.951. The second-order valence-electron chi connectivity index (χ2n) is 4.64. The van der Waals surface area contributed by atoms with Gasteiger partial charge >= 0.3 is 16.1 Å². The van der Waals surface area contributed by atoms with Crippen LogP contribution in [0.15, 0.2) is 21.6 Å². The maximum absolute atomic E-state index is 11.6. The van der Waals surface area contributed by atoms with Crippen LogP contribution in [0.1, 0.15) is 32.6 Å². The van der Waals surface area contributed by atoms with Crippen LogP contribution in [-0.4, -0.2) is 24.5 Å². The maximum Gasteiger partial charge on any atom is 0.331 e. The van der Waals surface area contributed by atoms with E-state index < -0.39 is 32.8 Å². The van der Waals surface area contributed by atoms with E-state index in [1.54, 1.807) is 20.8 Å². The summed E-state index contributed by atoms with van der Waals surface area (Å²) in [5.74, 6) is -0.851. The summed E-state index contributed by atoms with van der Waals surface area (Å²) in [4.78, 5) is 11.6. The van der Waals surface area contributed by atoms with E-state index in [1.165, 1.54) is 6.07 Å². The van der Waals surface area contributed by atoms with Crippen molar-refractivity contribution < 1.29 is 26.9 Å². The summed E-state index contributed by atoms with van der Waals surface area (Å²) in [6.07, 6.45) is 0. The number of carbonyl (C=O) groups is 1. The summed E-state index contributed by atoms with van der Waals surface area (Å²) in [7, 11) is -4.45. The third kappa shape index (κ3) is 3.83. The lowest BCUT2D eigenvalue weighted by Crippen LogP contribution is -2.31. The van der Waals surface area contributed by atoms with Crippen molar-refractivity contribution in [2.24, 2.45) is 5.73 Å². The third-order valence-electron chi connectivity index (χ3n) is 1.82. The lowest BCUT2D eigenvalue weighted by molar-refractivity contribution is -0.157. The molecule has 1 heterocycles. The lowest BCUT2D eigenvalue weighted by Gasteiger charge is -2.21. The molecule has 0 radical (unpaired) electrons. The SMILES string of the molecule is CC(C)(C)OC(=O)C(N)c1ccc(S(=O)(=O)O)o1. The molecule has 1 rings (SSSR count). The smallest absolute Gasteiger partial charge is 0.331 e. The summed E-state index contributed by atoms with van der Waals surface area (Å²) >= 11 is 0. The van der Waals surface area contributed by atoms with Crippen LogP contribution in [0.3, 0.4) is 0 Å². The third-order valence-corrected chi connectivity index (χ3v) is 2.55. The van der Waals surface area contributed by atoms with Crippen molar-refractivity contribution in [3.8, 4) is 0 Å². The Bertz CT molecular complexity index is 539. The van der Waals surface area contributed by atoms with Gasteiger partial charge in [-0.05, 0) is 32.9 Å². The van der Waals surface area contributed by atoms with Crippen LogP contribution in [0, 0.1) is 0 Å². The minimum Gasteiger partial charge on any atom is -0.458 e. The molecule has 0 spiro atoms. The lowest BCUT2D eigenvalue weighted by atomic mass is 10.2. The number of rotatable bonds is 3. The summed E-state index contributed by atoms with van der Waals surface area (Å²) in [5, 5.41) is -0.670. The van der Waals surface area contributed by atoms with E-state index in [-0.39, 0.29) is 5.76 Å². The molecule has 1 aromatic heterocycles. The minimum absolute atomic E-state index is 0.100. The molecule has 7 nitrogen and oxygen atoms in total. The monoisotopic (exact) mass is 277 g/mol. The van der Waals surface area contributed by atoms with E-state index in [4.69, 9.17) is 19.4 Å². The molecule has 0 bridgehead atoms. The Labute approximate surface area is 105 Å². The predicted molar refractivity (Wildman–Crippen MR) is 61.3 cm³/mol. The van der Waals surface area contributed by atoms with E-state index >= 15 is 0 Å². The van der Waals surface area contributed by atoms with Crippen LogP contribution in [0.25, 0.3) is 0 Å². The van der Waals surface area contributed by atoms with Crippen LogP contribution in [-0.2, 0) is 19.6 Å². The van der Waals surface area contributed by atoms with Gasteiger partial charge in [0.05, 0.1) is 0 Å². The van der Waals surface area contributed by atoms with Gasteiger partial charge in [0.1, 0.15) is 11.4 Å². The van der Waals surface area contributed by atoms with E-state index in [2.05, 4.69) is 0 Å². The highest BCUT2D eigenvalue weighted by molar-refractivity contribution is 7.85. The minimum atomic E-state index is -4.45. The number of hydrogen-bond donors (Lipinski definition) is 2. The highest BCUT2D eigenvalue weighted by Crippen LogP contribution is 2.21. The first-order valence-electron chi connectivity index (χ1n) is 5.06. The molecule has 18 heavy (non-hydrogen) atoms. The molecule has 102 valence electrons. The fourth-order valence-corrected chi connectivity index (χ4v) is 1.56. The van der Waals surface area contributed by atoms with E-state index in [9.17, 15) is 13.2 Å². The van der Waals surface area contributed by atoms with E-state index in [0.29, 0.717) is 0 Å².